The van der Waals surface area contributed by atoms with Gasteiger partial charge in [-0.05, 0) is 287 Å². The van der Waals surface area contributed by atoms with Gasteiger partial charge in [0.15, 0.2) is 16.6 Å². The smallest absolute Gasteiger partial charge is 0.343 e. The van der Waals surface area contributed by atoms with Gasteiger partial charge in [0.25, 0.3) is 0 Å². The van der Waals surface area contributed by atoms with Gasteiger partial charge in [-0.1, -0.05) is 39.2 Å². The minimum Gasteiger partial charge on any atom is -0.494 e. The average molecular weight is 1650 g/mol. The molecule has 27 heteroatoms. The Morgan fingerprint density at radius 3 is 0.735 bits per heavy atom. The van der Waals surface area contributed by atoms with Gasteiger partial charge in [0.1, 0.15) is 57.1 Å². The normalized spacial score (nSPS) is 11.0. The minimum atomic E-state index is -2.31. The molecular formula is C90H110O25Si2. The number of carbonyl (C=O) groups excluding carboxylic acids is 10. The van der Waals surface area contributed by atoms with Crippen molar-refractivity contribution in [2.24, 2.45) is 0 Å². The van der Waals surface area contributed by atoms with Crippen molar-refractivity contribution in [2.75, 3.05) is 66.1 Å². The molecule has 0 N–H and O–H groups in total. The third-order valence-corrected chi connectivity index (χ3v) is 25.3. The topological polar surface area (TPSA) is 309 Å². The van der Waals surface area contributed by atoms with Crippen molar-refractivity contribution in [3.63, 3.8) is 0 Å². The van der Waals surface area contributed by atoms with Gasteiger partial charge in [-0.15, -0.1) is 0 Å². The summed E-state index contributed by atoms with van der Waals surface area (Å²) >= 11 is 0. The number of hydrogen-bond donors (Lipinski definition) is 0. The largest absolute Gasteiger partial charge is 0.494 e. The highest BCUT2D eigenvalue weighted by molar-refractivity contribution is 6.84. The Hall–Kier alpha value is -11.4. The number of hydrogen-bond acceptors (Lipinski definition) is 25. The molecule has 0 aromatic heterocycles. The molecule has 0 bridgehead atoms. The maximum atomic E-state index is 14.0. The fourth-order valence-corrected chi connectivity index (χ4v) is 20.6. The van der Waals surface area contributed by atoms with Gasteiger partial charge in [0.2, 0.25) is 0 Å². The molecule has 0 aliphatic carbocycles. The summed E-state index contributed by atoms with van der Waals surface area (Å²) in [5, 5.41) is 0. The molecular weight excluding hydrogens is 1540 g/mol. The van der Waals surface area contributed by atoms with Crippen molar-refractivity contribution < 1.29 is 118 Å². The minimum absolute atomic E-state index is 0.00994. The zero-order valence-electron chi connectivity index (χ0n) is 67.7. The lowest BCUT2D eigenvalue weighted by Gasteiger charge is -2.34. The molecule has 0 aliphatic rings. The molecule has 0 unspecified atom stereocenters. The molecule has 117 heavy (non-hydrogen) atoms. The summed E-state index contributed by atoms with van der Waals surface area (Å²) in [5.74, 6) is -4.53. The van der Waals surface area contributed by atoms with Crippen LogP contribution in [0.5, 0.6) is 46.0 Å². The second kappa shape index (κ2) is 52.9. The third-order valence-electron chi connectivity index (χ3n) is 17.8. The monoisotopic (exact) mass is 1650 g/mol. The van der Waals surface area contributed by atoms with Crippen LogP contribution in [0.1, 0.15) is 191 Å². The van der Waals surface area contributed by atoms with Gasteiger partial charge in [-0.25, -0.2) is 47.9 Å². The highest BCUT2D eigenvalue weighted by atomic mass is 28.4. The number of esters is 10. The second-order valence-electron chi connectivity index (χ2n) is 28.3. The molecule has 6 aromatic rings. The first kappa shape index (κ1) is 94.4. The summed E-state index contributed by atoms with van der Waals surface area (Å²) in [6.45, 7) is 25.2. The molecule has 0 heterocycles. The predicted octanol–water partition coefficient (Wildman–Crippen LogP) is 18.2. The van der Waals surface area contributed by atoms with E-state index in [1.165, 1.54) is 36.4 Å². The zero-order chi connectivity index (χ0) is 84.5. The first-order valence-electron chi connectivity index (χ1n) is 39.8. The second-order valence-corrected chi connectivity index (χ2v) is 37.2. The van der Waals surface area contributed by atoms with E-state index in [-0.39, 0.29) is 69.6 Å². The van der Waals surface area contributed by atoms with Gasteiger partial charge in [-0.3, -0.25) is 0 Å². The van der Waals surface area contributed by atoms with Gasteiger partial charge in [0, 0.05) is 24.3 Å². The first-order chi connectivity index (χ1) is 56.5. The van der Waals surface area contributed by atoms with E-state index in [0.29, 0.717) is 102 Å². The van der Waals surface area contributed by atoms with Crippen LogP contribution < -0.4 is 37.9 Å². The van der Waals surface area contributed by atoms with Crippen LogP contribution in [-0.2, 0) is 51.7 Å². The molecule has 6 rings (SSSR count). The molecule has 0 fully saturated rings. The lowest BCUT2D eigenvalue weighted by molar-refractivity contribution is -0.138. The fraction of sp³-hybridized carbons (Fsp3) is 0.400. The number of carbonyl (C=O) groups is 10. The Labute approximate surface area is 687 Å². The predicted molar refractivity (Wildman–Crippen MR) is 444 cm³/mol. The molecule has 628 valence electrons. The van der Waals surface area contributed by atoms with Crippen LogP contribution in [0.4, 0.5) is 0 Å². The quantitative estimate of drug-likeness (QED) is 0.00855. The van der Waals surface area contributed by atoms with E-state index < -0.39 is 76.3 Å². The van der Waals surface area contributed by atoms with Crippen LogP contribution in [0.2, 0.25) is 38.3 Å². The molecule has 0 saturated heterocycles. The number of benzene rings is 6. The SMILES string of the molecule is C=CC(=O)OCCCCCCOc1ccc(C(=O)Oc2ccc(OC(=O)c3ccc(OCCCCCCOC(=O)C=C)cc3)c(C(=O)OCCCC[Si](C)(C)O[Si](C)(C)CCCCOC(=O)c3cc(OC(=O)c4ccc(OCCCCCCOC(=O)C=C)cc4)ccc3OC(=O)c3ccc(OCCCCCCOC(=O)C=C)cc3)c2)cc1. The van der Waals surface area contributed by atoms with Crippen molar-refractivity contribution in [3.05, 3.63) is 217 Å². The van der Waals surface area contributed by atoms with Crippen LogP contribution in [-0.4, -0.2) is 142 Å². The molecule has 0 spiro atoms. The van der Waals surface area contributed by atoms with Crippen LogP contribution in [0.3, 0.4) is 0 Å². The van der Waals surface area contributed by atoms with E-state index in [1.807, 2.05) is 0 Å². The molecule has 0 saturated carbocycles. The van der Waals surface area contributed by atoms with Crippen molar-refractivity contribution in [1.29, 1.82) is 0 Å². The summed E-state index contributed by atoms with van der Waals surface area (Å²) in [7, 11) is -4.62. The van der Waals surface area contributed by atoms with E-state index >= 15 is 0 Å². The lowest BCUT2D eigenvalue weighted by Crippen LogP contribution is -2.44. The maximum Gasteiger partial charge on any atom is 0.343 e. The van der Waals surface area contributed by atoms with Gasteiger partial charge >= 0.3 is 59.7 Å². The Bertz CT molecular complexity index is 3920. The molecule has 0 aliphatic heterocycles. The third kappa shape index (κ3) is 37.8. The molecule has 0 radical (unpaired) electrons. The summed E-state index contributed by atoms with van der Waals surface area (Å²) in [5.41, 5.74) is 0.454. The van der Waals surface area contributed by atoms with E-state index in [4.69, 9.17) is 70.4 Å². The summed E-state index contributed by atoms with van der Waals surface area (Å²) < 4.78 is 85.2. The molecule has 25 nitrogen and oxygen atoms in total. The van der Waals surface area contributed by atoms with Gasteiger partial charge in [0.05, 0.1) is 88.3 Å². The van der Waals surface area contributed by atoms with Gasteiger partial charge < -0.3 is 70.4 Å². The highest BCUT2D eigenvalue weighted by Crippen LogP contribution is 2.32. The summed E-state index contributed by atoms with van der Waals surface area (Å²) in [4.78, 5) is 127. The first-order valence-corrected chi connectivity index (χ1v) is 46.0. The van der Waals surface area contributed by atoms with Crippen LogP contribution in [0, 0.1) is 0 Å². The average Bonchev–Trinajstić information content (AvgIpc) is 0.824. The Morgan fingerprint density at radius 2 is 0.479 bits per heavy atom. The lowest BCUT2D eigenvalue weighted by atomic mass is 10.1. The Morgan fingerprint density at radius 1 is 0.256 bits per heavy atom. The summed E-state index contributed by atoms with van der Waals surface area (Å²) in [6.07, 6.45) is 19.6. The van der Waals surface area contributed by atoms with Crippen LogP contribution >= 0.6 is 0 Å². The fourth-order valence-electron chi connectivity index (χ4n) is 11.6. The van der Waals surface area contributed by atoms with Gasteiger partial charge in [-0.2, -0.15) is 0 Å². The van der Waals surface area contributed by atoms with E-state index in [0.717, 1.165) is 139 Å². The zero-order valence-corrected chi connectivity index (χ0v) is 69.7. The van der Waals surface area contributed by atoms with Crippen molar-refractivity contribution >= 4 is 76.3 Å². The summed E-state index contributed by atoms with van der Waals surface area (Å²) in [6, 6.07) is 35.1. The van der Waals surface area contributed by atoms with E-state index in [1.54, 1.807) is 97.1 Å². The standard InChI is InChI=1S/C90H110O25Si2/c1-9-81(91)105-57-25-17-13-21-53-101-71-41-33-67(34-42-71)85(95)111-75-49-51-79(113-87(97)69-37-45-73(46-38-69)103-55-23-15-19-27-59-107-83(93)11-3)77(65-75)89(99)109-61-29-31-63-116(5,6)115-117(7,8)64-32-30-62-110-90(100)78-66-76(112-86(96)68-35-43-72(44-36-68)102-54-22-14-18-26-58-106-82(92)10-2)50-52-80(78)114-88(98)70-39-47-74(48-40-70)104-56-24-16-20-28-60-108-84(94)12-4/h9-12,33-52,65-66H,1-4,13-32,53-64H2,5-8H3. The number of rotatable bonds is 58. The molecule has 6 aromatic carbocycles. The van der Waals surface area contributed by atoms with Crippen molar-refractivity contribution in [2.45, 2.75) is 167 Å². The van der Waals surface area contributed by atoms with E-state index in [9.17, 15) is 47.9 Å². The Kier molecular flexibility index (Phi) is 42.7. The van der Waals surface area contributed by atoms with Crippen molar-refractivity contribution in [1.82, 2.24) is 0 Å². The maximum absolute atomic E-state index is 14.0. The highest BCUT2D eigenvalue weighted by Gasteiger charge is 2.33. The number of unbranched alkanes of at least 4 members (excludes halogenated alkanes) is 14. The molecule has 0 amide bonds. The van der Waals surface area contributed by atoms with Crippen LogP contribution in [0.15, 0.2) is 184 Å². The van der Waals surface area contributed by atoms with Crippen LogP contribution in [0.25, 0.3) is 0 Å². The number of ether oxygens (including phenoxy) is 14. The molecule has 0 atom stereocenters. The van der Waals surface area contributed by atoms with Crippen molar-refractivity contribution in [3.8, 4) is 46.0 Å². The Balaban J connectivity index is 1.01. The van der Waals surface area contributed by atoms with E-state index in [2.05, 4.69) is 52.5 Å².